The maximum absolute atomic E-state index is 5.36. The molecule has 0 atom stereocenters. The van der Waals surface area contributed by atoms with E-state index >= 15 is 0 Å². The Morgan fingerprint density at radius 3 is 2.53 bits per heavy atom. The zero-order valence-corrected chi connectivity index (χ0v) is 13.2. The smallest absolute Gasteiger partial charge is 0.122 e. The third-order valence-electron chi connectivity index (χ3n) is 3.07. The fraction of sp³-hybridized carbons (Fsp3) is 0.625. The van der Waals surface area contributed by atoms with Gasteiger partial charge in [-0.15, -0.1) is 0 Å². The van der Waals surface area contributed by atoms with Crippen LogP contribution in [0.1, 0.15) is 31.9 Å². The molecule has 0 amide bonds. The lowest BCUT2D eigenvalue weighted by atomic mass is 10.1. The van der Waals surface area contributed by atoms with Gasteiger partial charge < -0.3 is 15.0 Å². The molecule has 0 heterocycles. The average Bonchev–Trinajstić information content (AvgIpc) is 2.30. The highest BCUT2D eigenvalue weighted by atomic mass is 16.5. The molecule has 0 aliphatic heterocycles. The first-order valence-corrected chi connectivity index (χ1v) is 6.89. The SMILES string of the molecule is COc1cc(CN(C)CCNC(C)(C)C)ccc1C. The first-order chi connectivity index (χ1) is 8.81. The quantitative estimate of drug-likeness (QED) is 0.855. The van der Waals surface area contributed by atoms with Gasteiger partial charge in [0.05, 0.1) is 7.11 Å². The van der Waals surface area contributed by atoms with E-state index in [1.807, 2.05) is 0 Å². The highest BCUT2D eigenvalue weighted by Crippen LogP contribution is 2.19. The molecule has 0 saturated carbocycles. The molecule has 3 nitrogen and oxygen atoms in total. The van der Waals surface area contributed by atoms with Crippen molar-refractivity contribution < 1.29 is 4.74 Å². The second kappa shape index (κ2) is 6.92. The summed E-state index contributed by atoms with van der Waals surface area (Å²) in [6.07, 6.45) is 0. The Balaban J connectivity index is 2.46. The van der Waals surface area contributed by atoms with Gasteiger partial charge in [-0.1, -0.05) is 12.1 Å². The van der Waals surface area contributed by atoms with Gasteiger partial charge in [-0.05, 0) is 51.9 Å². The molecule has 19 heavy (non-hydrogen) atoms. The molecule has 0 fully saturated rings. The van der Waals surface area contributed by atoms with E-state index in [-0.39, 0.29) is 5.54 Å². The van der Waals surface area contributed by atoms with Crippen LogP contribution in [0.3, 0.4) is 0 Å². The van der Waals surface area contributed by atoms with Gasteiger partial charge >= 0.3 is 0 Å². The summed E-state index contributed by atoms with van der Waals surface area (Å²) in [4.78, 5) is 2.32. The predicted molar refractivity (Wildman–Crippen MR) is 81.8 cm³/mol. The van der Waals surface area contributed by atoms with Crippen LogP contribution in [0, 0.1) is 6.92 Å². The number of hydrogen-bond acceptors (Lipinski definition) is 3. The molecule has 0 aliphatic rings. The minimum Gasteiger partial charge on any atom is -0.496 e. The largest absolute Gasteiger partial charge is 0.496 e. The van der Waals surface area contributed by atoms with Gasteiger partial charge in [0.2, 0.25) is 0 Å². The van der Waals surface area contributed by atoms with Gasteiger partial charge in [-0.3, -0.25) is 0 Å². The molecule has 0 aliphatic carbocycles. The van der Waals surface area contributed by atoms with Gasteiger partial charge in [-0.2, -0.15) is 0 Å². The van der Waals surface area contributed by atoms with Crippen LogP contribution in [0.25, 0.3) is 0 Å². The van der Waals surface area contributed by atoms with Crippen molar-refractivity contribution in [3.63, 3.8) is 0 Å². The van der Waals surface area contributed by atoms with Crippen LogP contribution >= 0.6 is 0 Å². The van der Waals surface area contributed by atoms with Crippen molar-refractivity contribution in [2.45, 2.75) is 39.8 Å². The zero-order chi connectivity index (χ0) is 14.5. The average molecular weight is 264 g/mol. The molecule has 0 spiro atoms. The number of rotatable bonds is 6. The van der Waals surface area contributed by atoms with Crippen molar-refractivity contribution in [1.29, 1.82) is 0 Å². The Kier molecular flexibility index (Phi) is 5.83. The van der Waals surface area contributed by atoms with Crippen LogP contribution < -0.4 is 10.1 Å². The third kappa shape index (κ3) is 6.08. The minimum atomic E-state index is 0.188. The summed E-state index contributed by atoms with van der Waals surface area (Å²) in [6, 6.07) is 6.42. The van der Waals surface area contributed by atoms with Gasteiger partial charge in [0.15, 0.2) is 0 Å². The molecular weight excluding hydrogens is 236 g/mol. The molecule has 1 aromatic carbocycles. The highest BCUT2D eigenvalue weighted by Gasteiger charge is 2.09. The van der Waals surface area contributed by atoms with Crippen LogP contribution in [-0.4, -0.2) is 37.7 Å². The number of nitrogens with one attached hydrogen (secondary N) is 1. The van der Waals surface area contributed by atoms with Crippen molar-refractivity contribution in [2.24, 2.45) is 0 Å². The monoisotopic (exact) mass is 264 g/mol. The molecule has 0 radical (unpaired) electrons. The minimum absolute atomic E-state index is 0.188. The molecule has 108 valence electrons. The predicted octanol–water partition coefficient (Wildman–Crippen LogP) is 2.82. The zero-order valence-electron chi connectivity index (χ0n) is 13.2. The number of ether oxygens (including phenoxy) is 1. The number of likely N-dealkylation sites (N-methyl/N-ethyl adjacent to an activating group) is 1. The molecule has 3 heteroatoms. The number of aryl methyl sites for hydroxylation is 1. The van der Waals surface area contributed by atoms with Crippen molar-refractivity contribution in [3.05, 3.63) is 29.3 Å². The topological polar surface area (TPSA) is 24.5 Å². The second-order valence-corrected chi connectivity index (χ2v) is 6.22. The number of methoxy groups -OCH3 is 1. The standard InChI is InChI=1S/C16H28N2O/c1-13-7-8-14(11-15(13)19-6)12-18(5)10-9-17-16(2,3)4/h7-8,11,17H,9-10,12H2,1-6H3. The normalized spacial score (nSPS) is 11.9. The Bertz CT molecular complexity index is 396. The first-order valence-electron chi connectivity index (χ1n) is 6.89. The van der Waals surface area contributed by atoms with Crippen LogP contribution in [0.2, 0.25) is 0 Å². The molecule has 1 aromatic rings. The Morgan fingerprint density at radius 2 is 1.95 bits per heavy atom. The van der Waals surface area contributed by atoms with Crippen molar-refractivity contribution in [1.82, 2.24) is 10.2 Å². The van der Waals surface area contributed by atoms with E-state index in [1.54, 1.807) is 7.11 Å². The van der Waals surface area contributed by atoms with Gasteiger partial charge in [-0.25, -0.2) is 0 Å². The van der Waals surface area contributed by atoms with Crippen LogP contribution in [0.5, 0.6) is 5.75 Å². The summed E-state index contributed by atoms with van der Waals surface area (Å²) in [5.41, 5.74) is 2.66. The summed E-state index contributed by atoms with van der Waals surface area (Å²) >= 11 is 0. The molecular formula is C16H28N2O. The molecule has 1 N–H and O–H groups in total. The van der Waals surface area contributed by atoms with Crippen molar-refractivity contribution in [2.75, 3.05) is 27.2 Å². The highest BCUT2D eigenvalue weighted by molar-refractivity contribution is 5.36. The van der Waals surface area contributed by atoms with Gasteiger partial charge in [0.25, 0.3) is 0 Å². The fourth-order valence-corrected chi connectivity index (χ4v) is 1.98. The van der Waals surface area contributed by atoms with E-state index in [2.05, 4.69) is 63.2 Å². The summed E-state index contributed by atoms with van der Waals surface area (Å²) < 4.78 is 5.36. The summed E-state index contributed by atoms with van der Waals surface area (Å²) in [5, 5.41) is 3.50. The molecule has 0 bridgehead atoms. The van der Waals surface area contributed by atoms with Crippen LogP contribution in [-0.2, 0) is 6.54 Å². The first kappa shape index (κ1) is 16.0. The van der Waals surface area contributed by atoms with E-state index in [4.69, 9.17) is 4.74 Å². The fourth-order valence-electron chi connectivity index (χ4n) is 1.98. The molecule has 1 rings (SSSR count). The van der Waals surface area contributed by atoms with E-state index < -0.39 is 0 Å². The number of hydrogen-bond donors (Lipinski definition) is 1. The third-order valence-corrected chi connectivity index (χ3v) is 3.07. The van der Waals surface area contributed by atoms with Gasteiger partial charge in [0, 0.05) is 25.2 Å². The Morgan fingerprint density at radius 1 is 1.26 bits per heavy atom. The number of nitrogens with zero attached hydrogens (tertiary/aromatic N) is 1. The Hall–Kier alpha value is -1.06. The number of benzene rings is 1. The van der Waals surface area contributed by atoms with Crippen LogP contribution in [0.15, 0.2) is 18.2 Å². The Labute approximate surface area is 118 Å². The molecule has 0 saturated heterocycles. The lowest BCUT2D eigenvalue weighted by Crippen LogP contribution is -2.40. The van der Waals surface area contributed by atoms with E-state index in [9.17, 15) is 0 Å². The van der Waals surface area contributed by atoms with E-state index in [1.165, 1.54) is 11.1 Å². The lowest BCUT2D eigenvalue weighted by molar-refractivity contribution is 0.303. The second-order valence-electron chi connectivity index (χ2n) is 6.22. The summed E-state index contributed by atoms with van der Waals surface area (Å²) in [7, 11) is 3.87. The van der Waals surface area contributed by atoms with E-state index in [0.29, 0.717) is 0 Å². The van der Waals surface area contributed by atoms with Crippen molar-refractivity contribution in [3.8, 4) is 5.75 Å². The molecule has 0 aromatic heterocycles. The van der Waals surface area contributed by atoms with E-state index in [0.717, 1.165) is 25.4 Å². The van der Waals surface area contributed by atoms with Gasteiger partial charge in [0.1, 0.15) is 5.75 Å². The van der Waals surface area contributed by atoms with Crippen LogP contribution in [0.4, 0.5) is 0 Å². The van der Waals surface area contributed by atoms with Crippen molar-refractivity contribution >= 4 is 0 Å². The molecule has 0 unspecified atom stereocenters. The summed E-state index contributed by atoms with van der Waals surface area (Å²) in [5.74, 6) is 0.971. The lowest BCUT2D eigenvalue weighted by Gasteiger charge is -2.23. The maximum Gasteiger partial charge on any atom is 0.122 e. The maximum atomic E-state index is 5.36. The summed E-state index contributed by atoms with van der Waals surface area (Å²) in [6.45, 7) is 11.6.